The molecule has 41 heavy (non-hydrogen) atoms. The average molecular weight is 573 g/mol. The van der Waals surface area contributed by atoms with Gasteiger partial charge in [0.25, 0.3) is 5.91 Å². The second-order valence-electron chi connectivity index (χ2n) is 9.78. The second kappa shape index (κ2) is 11.1. The number of para-hydroxylation sites is 1. The number of fused-ring (bicyclic) bond motifs is 2. The van der Waals surface area contributed by atoms with Gasteiger partial charge >= 0.3 is 12.1 Å². The Labute approximate surface area is 229 Å². The van der Waals surface area contributed by atoms with Crippen molar-refractivity contribution < 1.29 is 32.3 Å². The van der Waals surface area contributed by atoms with Crippen LogP contribution in [0.15, 0.2) is 53.5 Å². The number of aliphatic carboxylic acids is 1. The molecule has 1 aliphatic heterocycles. The number of carbonyl (C=O) groups excluding carboxylic acids is 1. The van der Waals surface area contributed by atoms with E-state index in [9.17, 15) is 27.2 Å². The highest BCUT2D eigenvalue weighted by Crippen LogP contribution is 2.36. The molecular formula is C27H24F4N6O4. The normalized spacial score (nSPS) is 15.1. The van der Waals surface area contributed by atoms with Crippen LogP contribution in [0.2, 0.25) is 0 Å². The van der Waals surface area contributed by atoms with Gasteiger partial charge in [-0.25, -0.2) is 9.18 Å². The number of benzene rings is 2. The topological polar surface area (TPSA) is 123 Å². The summed E-state index contributed by atoms with van der Waals surface area (Å²) in [5.41, 5.74) is 1.28. The Morgan fingerprint density at radius 3 is 2.46 bits per heavy atom. The van der Waals surface area contributed by atoms with Gasteiger partial charge in [0.2, 0.25) is 5.43 Å². The van der Waals surface area contributed by atoms with Crippen molar-refractivity contribution in [3.05, 3.63) is 87.5 Å². The summed E-state index contributed by atoms with van der Waals surface area (Å²) in [4.78, 5) is 35.9. The molecule has 4 aromatic rings. The van der Waals surface area contributed by atoms with Gasteiger partial charge in [0.15, 0.2) is 5.82 Å². The van der Waals surface area contributed by atoms with Crippen molar-refractivity contribution in [2.45, 2.75) is 51.0 Å². The molecule has 2 aromatic heterocycles. The summed E-state index contributed by atoms with van der Waals surface area (Å²) in [5, 5.41) is 20.6. The molecule has 6 rings (SSSR count). The minimum absolute atomic E-state index is 0.0232. The molecule has 0 saturated heterocycles. The lowest BCUT2D eigenvalue weighted by Gasteiger charge is -2.31. The fraction of sp³-hybridized carbons (Fsp3) is 0.333. The maximum absolute atomic E-state index is 14.7. The zero-order valence-corrected chi connectivity index (χ0v) is 21.5. The van der Waals surface area contributed by atoms with E-state index in [4.69, 9.17) is 9.90 Å². The van der Waals surface area contributed by atoms with E-state index in [1.54, 1.807) is 33.8 Å². The first-order chi connectivity index (χ1) is 19.5. The highest BCUT2D eigenvalue weighted by molar-refractivity contribution is 5.94. The Kier molecular flexibility index (Phi) is 7.56. The molecule has 0 bridgehead atoms. The van der Waals surface area contributed by atoms with E-state index in [1.807, 2.05) is 12.1 Å². The Hall–Kier alpha value is -4.62. The zero-order valence-electron chi connectivity index (χ0n) is 21.5. The van der Waals surface area contributed by atoms with Gasteiger partial charge < -0.3 is 14.6 Å². The molecule has 0 atom stereocenters. The Bertz CT molecular complexity index is 1680. The summed E-state index contributed by atoms with van der Waals surface area (Å²) in [6.07, 6.45) is -0.311. The lowest BCUT2D eigenvalue weighted by atomic mass is 9.85. The number of rotatable bonds is 4. The van der Waals surface area contributed by atoms with Crippen LogP contribution < -0.4 is 5.43 Å². The van der Waals surface area contributed by atoms with E-state index in [0.29, 0.717) is 43.0 Å². The first-order valence-corrected chi connectivity index (χ1v) is 12.8. The predicted molar refractivity (Wildman–Crippen MR) is 137 cm³/mol. The number of amides is 1. The van der Waals surface area contributed by atoms with Gasteiger partial charge in [0, 0.05) is 24.4 Å². The van der Waals surface area contributed by atoms with Gasteiger partial charge in [-0.2, -0.15) is 18.3 Å². The molecule has 1 fully saturated rings. The minimum Gasteiger partial charge on any atom is -0.475 e. The third-order valence-corrected chi connectivity index (χ3v) is 7.14. The fourth-order valence-corrected chi connectivity index (χ4v) is 4.79. The first kappa shape index (κ1) is 27.9. The molecule has 0 radical (unpaired) electrons. The van der Waals surface area contributed by atoms with Crippen molar-refractivity contribution in [3.63, 3.8) is 0 Å². The van der Waals surface area contributed by atoms with Crippen molar-refractivity contribution in [2.24, 2.45) is 0 Å². The van der Waals surface area contributed by atoms with Crippen molar-refractivity contribution in [2.75, 3.05) is 6.54 Å². The molecule has 2 aromatic carbocycles. The molecular weight excluding hydrogens is 548 g/mol. The van der Waals surface area contributed by atoms with Gasteiger partial charge in [0.05, 0.1) is 30.4 Å². The minimum atomic E-state index is -5.08. The fourth-order valence-electron chi connectivity index (χ4n) is 4.79. The number of carboxylic acids is 1. The van der Waals surface area contributed by atoms with E-state index in [2.05, 4.69) is 19.9 Å². The van der Waals surface area contributed by atoms with Crippen LogP contribution in [0.25, 0.3) is 10.9 Å². The van der Waals surface area contributed by atoms with Gasteiger partial charge in [-0.05, 0) is 42.7 Å². The maximum atomic E-state index is 14.7. The number of alkyl halides is 3. The zero-order chi connectivity index (χ0) is 29.3. The molecule has 14 heteroatoms. The van der Waals surface area contributed by atoms with E-state index in [-0.39, 0.29) is 16.9 Å². The molecule has 3 heterocycles. The average Bonchev–Trinajstić information content (AvgIpc) is 3.32. The van der Waals surface area contributed by atoms with E-state index >= 15 is 0 Å². The van der Waals surface area contributed by atoms with Gasteiger partial charge in [0.1, 0.15) is 11.6 Å². The van der Waals surface area contributed by atoms with Crippen molar-refractivity contribution in [1.82, 2.24) is 29.4 Å². The quantitative estimate of drug-likeness (QED) is 0.370. The monoisotopic (exact) mass is 572 g/mol. The lowest BCUT2D eigenvalue weighted by Crippen LogP contribution is -2.39. The van der Waals surface area contributed by atoms with Crippen LogP contribution in [0.4, 0.5) is 17.6 Å². The maximum Gasteiger partial charge on any atom is 0.490 e. The molecule has 0 spiro atoms. The number of carboxylic acid groups (broad SMARTS) is 1. The molecule has 1 saturated carbocycles. The summed E-state index contributed by atoms with van der Waals surface area (Å²) in [7, 11) is 0. The summed E-state index contributed by atoms with van der Waals surface area (Å²) in [6.45, 7) is 1.72. The molecule has 0 unspecified atom stereocenters. The summed E-state index contributed by atoms with van der Waals surface area (Å²) in [6, 6.07) is 11.7. The number of carbonyl (C=O) groups is 2. The molecule has 10 nitrogen and oxygen atoms in total. The summed E-state index contributed by atoms with van der Waals surface area (Å²) < 4.78 is 50.3. The molecule has 1 N–H and O–H groups in total. The van der Waals surface area contributed by atoms with E-state index in [0.717, 1.165) is 30.1 Å². The third kappa shape index (κ3) is 5.81. The Balaban J connectivity index is 0.000000431. The molecule has 1 aliphatic carbocycles. The number of hydrogen-bond acceptors (Lipinski definition) is 6. The summed E-state index contributed by atoms with van der Waals surface area (Å²) in [5.74, 6) is -1.45. The van der Waals surface area contributed by atoms with Crippen LogP contribution in [-0.4, -0.2) is 59.1 Å². The van der Waals surface area contributed by atoms with Crippen LogP contribution in [0.3, 0.4) is 0 Å². The highest BCUT2D eigenvalue weighted by Gasteiger charge is 2.38. The molecule has 2 aliphatic rings. The molecule has 1 amide bonds. The number of aromatic nitrogens is 5. The highest BCUT2D eigenvalue weighted by atomic mass is 19.4. The van der Waals surface area contributed by atoms with Crippen LogP contribution in [0.1, 0.15) is 52.8 Å². The smallest absolute Gasteiger partial charge is 0.475 e. The first-order valence-electron chi connectivity index (χ1n) is 12.8. The number of nitrogens with zero attached hydrogens (tertiary/aromatic N) is 6. The standard InChI is InChI=1S/C25H23FN6O2.C2HF3O2/c26-20-9-8-16(14-32-21-7-2-1-6-18(21)22(33)13-27-32)12-19(20)25(34)30-10-11-31-23(15-30)28-29-24(31)17-4-3-5-17;3-2(4,5)1(6)7/h1-2,6-9,12-13,17H,3-5,10-11,14-15H2;(H,6,7). The van der Waals surface area contributed by atoms with Crippen LogP contribution in [0.5, 0.6) is 0 Å². The largest absolute Gasteiger partial charge is 0.490 e. The van der Waals surface area contributed by atoms with E-state index < -0.39 is 18.0 Å². The SMILES string of the molecule is O=C(O)C(F)(F)F.O=C(c1cc(Cn2ncc(=O)c3ccccc32)ccc1F)N1CCn2c(nnc2C2CCC2)C1. The second-order valence-corrected chi connectivity index (χ2v) is 9.78. The van der Waals surface area contributed by atoms with Gasteiger partial charge in [-0.15, -0.1) is 10.2 Å². The van der Waals surface area contributed by atoms with Crippen LogP contribution in [-0.2, 0) is 24.4 Å². The van der Waals surface area contributed by atoms with Crippen molar-refractivity contribution in [3.8, 4) is 0 Å². The predicted octanol–water partition coefficient (Wildman–Crippen LogP) is 3.73. The third-order valence-electron chi connectivity index (χ3n) is 7.14. The lowest BCUT2D eigenvalue weighted by molar-refractivity contribution is -0.192. The van der Waals surface area contributed by atoms with Crippen LogP contribution >= 0.6 is 0 Å². The van der Waals surface area contributed by atoms with Crippen molar-refractivity contribution in [1.29, 1.82) is 0 Å². The number of hydrogen-bond donors (Lipinski definition) is 1. The van der Waals surface area contributed by atoms with E-state index in [1.165, 1.54) is 18.7 Å². The molecule has 214 valence electrons. The summed E-state index contributed by atoms with van der Waals surface area (Å²) >= 11 is 0. The van der Waals surface area contributed by atoms with Gasteiger partial charge in [-0.1, -0.05) is 24.6 Å². The van der Waals surface area contributed by atoms with Gasteiger partial charge in [-0.3, -0.25) is 14.3 Å². The number of halogens is 4. The Morgan fingerprint density at radius 2 is 1.78 bits per heavy atom. The van der Waals surface area contributed by atoms with Crippen molar-refractivity contribution >= 4 is 22.8 Å². The Morgan fingerprint density at radius 1 is 1.05 bits per heavy atom. The van der Waals surface area contributed by atoms with Crippen LogP contribution in [0, 0.1) is 5.82 Å².